The van der Waals surface area contributed by atoms with Gasteiger partial charge in [-0.15, -0.1) is 0 Å². The summed E-state index contributed by atoms with van der Waals surface area (Å²) in [7, 11) is 3.20. The molecule has 7 heteroatoms. The second kappa shape index (κ2) is 9.05. The number of nitrogens with zero attached hydrogens (tertiary/aromatic N) is 2. The lowest BCUT2D eigenvalue weighted by Crippen LogP contribution is -2.26. The van der Waals surface area contributed by atoms with Crippen LogP contribution in [0.3, 0.4) is 0 Å². The predicted molar refractivity (Wildman–Crippen MR) is 104 cm³/mol. The lowest BCUT2D eigenvalue weighted by Gasteiger charge is -2.11. The Morgan fingerprint density at radius 3 is 2.04 bits per heavy atom. The smallest absolute Gasteiger partial charge is 0.309 e. The average molecular weight is 382 g/mol. The van der Waals surface area contributed by atoms with Crippen molar-refractivity contribution in [3.63, 3.8) is 0 Å². The molecule has 0 aliphatic carbocycles. The molecule has 1 heterocycles. The number of methoxy groups -OCH3 is 2. The summed E-state index contributed by atoms with van der Waals surface area (Å²) in [5.74, 6) is 1.62. The van der Waals surface area contributed by atoms with Crippen LogP contribution in [0, 0.1) is 0 Å². The minimum Gasteiger partial charge on any atom is -0.497 e. The standard InChI is InChI=1S/C21H22N2O5/c1-26-18-7-3-15(4-8-18)12-23-21(25)20(11-17(13-24)22-23)28-14-16-5-9-19(27-2)10-6-16/h3-11,24H,12-14H2,1-2H3. The largest absolute Gasteiger partial charge is 0.497 e. The highest BCUT2D eigenvalue weighted by Crippen LogP contribution is 2.15. The number of hydrogen-bond acceptors (Lipinski definition) is 6. The number of rotatable bonds is 8. The Bertz CT molecular complexity index is 966. The maximum Gasteiger partial charge on any atom is 0.309 e. The zero-order valence-electron chi connectivity index (χ0n) is 15.8. The molecule has 1 N–H and O–H groups in total. The first kappa shape index (κ1) is 19.4. The number of aliphatic hydroxyl groups is 1. The summed E-state index contributed by atoms with van der Waals surface area (Å²) in [5.41, 5.74) is 1.77. The van der Waals surface area contributed by atoms with Crippen LogP contribution in [0.4, 0.5) is 0 Å². The Kier molecular flexibility index (Phi) is 6.29. The topological polar surface area (TPSA) is 82.8 Å². The van der Waals surface area contributed by atoms with E-state index in [0.717, 1.165) is 22.6 Å². The number of hydrogen-bond donors (Lipinski definition) is 1. The molecular weight excluding hydrogens is 360 g/mol. The third-order valence-electron chi connectivity index (χ3n) is 4.20. The molecule has 0 bridgehead atoms. The predicted octanol–water partition coefficient (Wildman–Crippen LogP) is 2.38. The summed E-state index contributed by atoms with van der Waals surface area (Å²) in [6.45, 7) is 0.188. The fourth-order valence-corrected chi connectivity index (χ4v) is 2.64. The van der Waals surface area contributed by atoms with Crippen LogP contribution in [0.15, 0.2) is 59.4 Å². The van der Waals surface area contributed by atoms with E-state index in [1.54, 1.807) is 14.2 Å². The van der Waals surface area contributed by atoms with Crippen molar-refractivity contribution in [2.45, 2.75) is 19.8 Å². The maximum absolute atomic E-state index is 12.7. The molecular formula is C21H22N2O5. The molecule has 3 aromatic rings. The Labute approximate surface area is 162 Å². The van der Waals surface area contributed by atoms with E-state index in [2.05, 4.69) is 5.10 Å². The molecule has 0 saturated heterocycles. The van der Waals surface area contributed by atoms with Gasteiger partial charge in [0.25, 0.3) is 0 Å². The fraction of sp³-hybridized carbons (Fsp3) is 0.238. The third kappa shape index (κ3) is 4.69. The van der Waals surface area contributed by atoms with Gasteiger partial charge < -0.3 is 19.3 Å². The van der Waals surface area contributed by atoms with Crippen molar-refractivity contribution in [1.29, 1.82) is 0 Å². The van der Waals surface area contributed by atoms with Crippen LogP contribution in [0.2, 0.25) is 0 Å². The van der Waals surface area contributed by atoms with Gasteiger partial charge in [-0.1, -0.05) is 24.3 Å². The van der Waals surface area contributed by atoms with Gasteiger partial charge in [0.1, 0.15) is 18.1 Å². The summed E-state index contributed by atoms with van der Waals surface area (Å²) in [6.07, 6.45) is 0. The summed E-state index contributed by atoms with van der Waals surface area (Å²) >= 11 is 0. The first-order chi connectivity index (χ1) is 13.6. The van der Waals surface area contributed by atoms with Crippen LogP contribution in [-0.2, 0) is 19.8 Å². The second-order valence-electron chi connectivity index (χ2n) is 6.11. The Hall–Kier alpha value is -3.32. The van der Waals surface area contributed by atoms with Crippen molar-refractivity contribution >= 4 is 0 Å². The molecule has 0 amide bonds. The van der Waals surface area contributed by atoms with Crippen LogP contribution in [0.25, 0.3) is 0 Å². The van der Waals surface area contributed by atoms with Gasteiger partial charge in [0, 0.05) is 6.07 Å². The summed E-state index contributed by atoms with van der Waals surface area (Å²) in [6, 6.07) is 16.2. The highest BCUT2D eigenvalue weighted by Gasteiger charge is 2.11. The van der Waals surface area contributed by atoms with E-state index in [0.29, 0.717) is 5.69 Å². The normalized spacial score (nSPS) is 10.5. The minimum absolute atomic E-state index is 0.142. The Morgan fingerprint density at radius 1 is 0.929 bits per heavy atom. The third-order valence-corrected chi connectivity index (χ3v) is 4.20. The number of ether oxygens (including phenoxy) is 3. The van der Waals surface area contributed by atoms with E-state index in [1.807, 2.05) is 48.5 Å². The molecule has 0 spiro atoms. The van der Waals surface area contributed by atoms with Crippen molar-refractivity contribution in [2.75, 3.05) is 14.2 Å². The highest BCUT2D eigenvalue weighted by atomic mass is 16.5. The molecule has 7 nitrogen and oxygen atoms in total. The lowest BCUT2D eigenvalue weighted by atomic mass is 10.2. The number of aromatic nitrogens is 2. The molecule has 0 atom stereocenters. The van der Waals surface area contributed by atoms with Crippen molar-refractivity contribution in [2.24, 2.45) is 0 Å². The zero-order valence-corrected chi connectivity index (χ0v) is 15.8. The highest BCUT2D eigenvalue weighted by molar-refractivity contribution is 5.29. The van der Waals surface area contributed by atoms with E-state index < -0.39 is 0 Å². The first-order valence-electron chi connectivity index (χ1n) is 8.73. The van der Waals surface area contributed by atoms with Gasteiger partial charge in [-0.2, -0.15) is 5.10 Å². The lowest BCUT2D eigenvalue weighted by molar-refractivity contribution is 0.265. The Morgan fingerprint density at radius 2 is 1.50 bits per heavy atom. The van der Waals surface area contributed by atoms with Gasteiger partial charge in [-0.25, -0.2) is 4.68 Å². The molecule has 1 aromatic heterocycles. The van der Waals surface area contributed by atoms with Crippen LogP contribution in [0.1, 0.15) is 16.8 Å². The van der Waals surface area contributed by atoms with Crippen LogP contribution >= 0.6 is 0 Å². The summed E-state index contributed by atoms with van der Waals surface area (Å²) < 4.78 is 17.3. The molecule has 0 aliphatic heterocycles. The quantitative estimate of drug-likeness (QED) is 0.644. The number of aliphatic hydroxyl groups excluding tert-OH is 1. The molecule has 0 unspecified atom stereocenters. The van der Waals surface area contributed by atoms with E-state index in [1.165, 1.54) is 10.7 Å². The molecule has 28 heavy (non-hydrogen) atoms. The molecule has 0 saturated carbocycles. The van der Waals surface area contributed by atoms with Gasteiger partial charge in [0.15, 0.2) is 5.75 Å². The Balaban J connectivity index is 1.80. The van der Waals surface area contributed by atoms with Gasteiger partial charge >= 0.3 is 5.56 Å². The fourth-order valence-electron chi connectivity index (χ4n) is 2.64. The van der Waals surface area contributed by atoms with E-state index in [-0.39, 0.29) is 31.1 Å². The van der Waals surface area contributed by atoms with E-state index >= 15 is 0 Å². The van der Waals surface area contributed by atoms with Gasteiger partial charge in [-0.05, 0) is 35.4 Å². The SMILES string of the molecule is COc1ccc(COc2cc(CO)nn(Cc3ccc(OC)cc3)c2=O)cc1. The molecule has 3 rings (SSSR count). The summed E-state index contributed by atoms with van der Waals surface area (Å²) in [4.78, 5) is 12.7. The van der Waals surface area contributed by atoms with E-state index in [9.17, 15) is 9.90 Å². The van der Waals surface area contributed by atoms with Gasteiger partial charge in [0.2, 0.25) is 0 Å². The van der Waals surface area contributed by atoms with Crippen molar-refractivity contribution < 1.29 is 19.3 Å². The van der Waals surface area contributed by atoms with Crippen LogP contribution in [-0.4, -0.2) is 29.1 Å². The average Bonchev–Trinajstić information content (AvgIpc) is 2.75. The maximum atomic E-state index is 12.7. The van der Waals surface area contributed by atoms with Crippen LogP contribution in [0.5, 0.6) is 17.2 Å². The minimum atomic E-state index is -0.360. The molecule has 0 radical (unpaired) electrons. The summed E-state index contributed by atoms with van der Waals surface area (Å²) in [5, 5.41) is 13.7. The molecule has 0 fully saturated rings. The zero-order chi connectivity index (χ0) is 19.9. The molecule has 2 aromatic carbocycles. The van der Waals surface area contributed by atoms with Gasteiger partial charge in [0.05, 0.1) is 33.1 Å². The van der Waals surface area contributed by atoms with E-state index in [4.69, 9.17) is 14.2 Å². The molecule has 0 aliphatic rings. The first-order valence-corrected chi connectivity index (χ1v) is 8.73. The number of benzene rings is 2. The monoisotopic (exact) mass is 382 g/mol. The van der Waals surface area contributed by atoms with Crippen LogP contribution < -0.4 is 19.8 Å². The van der Waals surface area contributed by atoms with Crippen molar-refractivity contribution in [3.05, 3.63) is 81.8 Å². The second-order valence-corrected chi connectivity index (χ2v) is 6.11. The molecule has 146 valence electrons. The van der Waals surface area contributed by atoms with Crippen molar-refractivity contribution in [1.82, 2.24) is 9.78 Å². The van der Waals surface area contributed by atoms with Gasteiger partial charge in [-0.3, -0.25) is 4.79 Å². The van der Waals surface area contributed by atoms with Crippen molar-refractivity contribution in [3.8, 4) is 17.2 Å².